The smallest absolute Gasteiger partial charge is 0.240 e. The topological polar surface area (TPSA) is 95.3 Å². The van der Waals surface area contributed by atoms with E-state index in [1.165, 1.54) is 12.1 Å². The molecule has 1 aliphatic heterocycles. The summed E-state index contributed by atoms with van der Waals surface area (Å²) in [5, 5.41) is 7.80. The standard InChI is InChI=1S/C14H18N4O4S/c1-2-18-10-15-17-14(18)5-6-16-23(19,20)11-3-4-12-13(9-11)22-8-7-21-12/h3-4,9-10,16H,2,5-8H2,1H3. The van der Waals surface area contributed by atoms with Crippen molar-refractivity contribution in [3.8, 4) is 11.5 Å². The lowest BCUT2D eigenvalue weighted by Gasteiger charge is -2.18. The molecule has 0 fully saturated rings. The number of ether oxygens (including phenoxy) is 2. The molecule has 0 radical (unpaired) electrons. The average molecular weight is 338 g/mol. The molecule has 9 heteroatoms. The van der Waals surface area contributed by atoms with Gasteiger partial charge in [-0.05, 0) is 19.1 Å². The Hall–Kier alpha value is -2.13. The highest BCUT2D eigenvalue weighted by Gasteiger charge is 2.19. The zero-order valence-electron chi connectivity index (χ0n) is 12.7. The van der Waals surface area contributed by atoms with Crippen LogP contribution in [0.1, 0.15) is 12.7 Å². The second kappa shape index (κ2) is 6.55. The van der Waals surface area contributed by atoms with Crippen LogP contribution in [0.5, 0.6) is 11.5 Å². The minimum absolute atomic E-state index is 0.152. The van der Waals surface area contributed by atoms with E-state index in [1.54, 1.807) is 12.4 Å². The van der Waals surface area contributed by atoms with Crippen molar-refractivity contribution >= 4 is 10.0 Å². The molecule has 3 rings (SSSR count). The summed E-state index contributed by atoms with van der Waals surface area (Å²) in [6.07, 6.45) is 2.10. The van der Waals surface area contributed by atoms with E-state index < -0.39 is 10.0 Å². The number of aryl methyl sites for hydroxylation is 1. The Kier molecular flexibility index (Phi) is 4.49. The molecular formula is C14H18N4O4S. The van der Waals surface area contributed by atoms with E-state index in [0.717, 1.165) is 12.4 Å². The Morgan fingerprint density at radius 2 is 2.04 bits per heavy atom. The summed E-state index contributed by atoms with van der Waals surface area (Å²) in [7, 11) is -3.61. The first-order chi connectivity index (χ1) is 11.1. The highest BCUT2D eigenvalue weighted by atomic mass is 32.2. The number of sulfonamides is 1. The van der Waals surface area contributed by atoms with Gasteiger partial charge in [0.2, 0.25) is 10.0 Å². The van der Waals surface area contributed by atoms with Crippen LogP contribution in [0, 0.1) is 0 Å². The van der Waals surface area contributed by atoms with Crippen LogP contribution < -0.4 is 14.2 Å². The van der Waals surface area contributed by atoms with Crippen LogP contribution in [-0.4, -0.2) is 42.9 Å². The lowest BCUT2D eigenvalue weighted by molar-refractivity contribution is 0.171. The number of benzene rings is 1. The predicted octanol–water partition coefficient (Wildman–Crippen LogP) is 0.590. The summed E-state index contributed by atoms with van der Waals surface area (Å²) in [5.41, 5.74) is 0. The molecule has 0 aliphatic carbocycles. The Labute approximate surface area is 134 Å². The third-order valence-corrected chi connectivity index (χ3v) is 4.96. The van der Waals surface area contributed by atoms with E-state index in [2.05, 4.69) is 14.9 Å². The molecule has 0 unspecified atom stereocenters. The SMILES string of the molecule is CCn1cnnc1CCNS(=O)(=O)c1ccc2c(c1)OCCO2. The van der Waals surface area contributed by atoms with Gasteiger partial charge in [-0.25, -0.2) is 13.1 Å². The molecule has 2 aromatic rings. The highest BCUT2D eigenvalue weighted by molar-refractivity contribution is 7.89. The zero-order valence-corrected chi connectivity index (χ0v) is 13.5. The summed E-state index contributed by atoms with van der Waals surface area (Å²) in [6.45, 7) is 3.85. The molecular weight excluding hydrogens is 320 g/mol. The van der Waals surface area contributed by atoms with Crippen LogP contribution in [0.25, 0.3) is 0 Å². The third-order valence-electron chi connectivity index (χ3n) is 3.50. The number of fused-ring (bicyclic) bond motifs is 1. The Balaban J connectivity index is 1.67. The maximum Gasteiger partial charge on any atom is 0.240 e. The number of rotatable bonds is 6. The number of nitrogens with zero attached hydrogens (tertiary/aromatic N) is 3. The van der Waals surface area contributed by atoms with Crippen LogP contribution >= 0.6 is 0 Å². The lowest BCUT2D eigenvalue weighted by Crippen LogP contribution is -2.27. The molecule has 1 aromatic heterocycles. The molecule has 0 saturated heterocycles. The first-order valence-corrected chi connectivity index (χ1v) is 8.84. The average Bonchev–Trinajstić information content (AvgIpc) is 3.01. The fourth-order valence-electron chi connectivity index (χ4n) is 2.31. The fraction of sp³-hybridized carbons (Fsp3) is 0.429. The summed E-state index contributed by atoms with van der Waals surface area (Å²) >= 11 is 0. The second-order valence-corrected chi connectivity index (χ2v) is 6.75. The maximum absolute atomic E-state index is 12.4. The van der Waals surface area contributed by atoms with Gasteiger partial charge in [0.1, 0.15) is 25.4 Å². The summed E-state index contributed by atoms with van der Waals surface area (Å²) in [5.74, 6) is 1.76. The first-order valence-electron chi connectivity index (χ1n) is 7.36. The molecule has 1 N–H and O–H groups in total. The second-order valence-electron chi connectivity index (χ2n) is 4.99. The van der Waals surface area contributed by atoms with Gasteiger partial charge in [0.05, 0.1) is 4.90 Å². The molecule has 23 heavy (non-hydrogen) atoms. The van der Waals surface area contributed by atoms with E-state index in [-0.39, 0.29) is 11.4 Å². The highest BCUT2D eigenvalue weighted by Crippen LogP contribution is 2.32. The maximum atomic E-state index is 12.4. The molecule has 0 spiro atoms. The van der Waals surface area contributed by atoms with Crippen molar-refractivity contribution in [2.45, 2.75) is 24.8 Å². The van der Waals surface area contributed by atoms with Gasteiger partial charge in [0.25, 0.3) is 0 Å². The summed E-state index contributed by atoms with van der Waals surface area (Å²) in [6, 6.07) is 4.59. The van der Waals surface area contributed by atoms with E-state index in [1.807, 2.05) is 11.5 Å². The van der Waals surface area contributed by atoms with Gasteiger partial charge >= 0.3 is 0 Å². The van der Waals surface area contributed by atoms with Crippen LogP contribution in [0.4, 0.5) is 0 Å². The van der Waals surface area contributed by atoms with E-state index in [9.17, 15) is 8.42 Å². The number of nitrogens with one attached hydrogen (secondary N) is 1. The van der Waals surface area contributed by atoms with E-state index >= 15 is 0 Å². The zero-order chi connectivity index (χ0) is 16.3. The van der Waals surface area contributed by atoms with E-state index in [0.29, 0.717) is 31.1 Å². The molecule has 124 valence electrons. The number of aromatic nitrogens is 3. The van der Waals surface area contributed by atoms with Crippen molar-refractivity contribution < 1.29 is 17.9 Å². The van der Waals surface area contributed by atoms with Crippen LogP contribution in [-0.2, 0) is 23.0 Å². The van der Waals surface area contributed by atoms with Crippen molar-refractivity contribution in [2.24, 2.45) is 0 Å². The van der Waals surface area contributed by atoms with Gasteiger partial charge in [0, 0.05) is 25.6 Å². The fourth-order valence-corrected chi connectivity index (χ4v) is 3.35. The monoisotopic (exact) mass is 338 g/mol. The molecule has 8 nitrogen and oxygen atoms in total. The van der Waals surface area contributed by atoms with Crippen molar-refractivity contribution in [3.63, 3.8) is 0 Å². The minimum atomic E-state index is -3.61. The van der Waals surface area contributed by atoms with Crippen LogP contribution in [0.15, 0.2) is 29.4 Å². The number of hydrogen-bond donors (Lipinski definition) is 1. The van der Waals surface area contributed by atoms with Gasteiger partial charge in [-0.3, -0.25) is 0 Å². The summed E-state index contributed by atoms with van der Waals surface area (Å²) in [4.78, 5) is 0.152. The van der Waals surface area contributed by atoms with Gasteiger partial charge in [-0.1, -0.05) is 0 Å². The first kappa shape index (κ1) is 15.8. The van der Waals surface area contributed by atoms with Crippen molar-refractivity contribution in [1.82, 2.24) is 19.5 Å². The van der Waals surface area contributed by atoms with Crippen LogP contribution in [0.2, 0.25) is 0 Å². The van der Waals surface area contributed by atoms with Crippen molar-refractivity contribution in [2.75, 3.05) is 19.8 Å². The number of hydrogen-bond acceptors (Lipinski definition) is 6. The molecule has 0 bridgehead atoms. The predicted molar refractivity (Wildman–Crippen MR) is 82.0 cm³/mol. The Morgan fingerprint density at radius 3 is 2.83 bits per heavy atom. The van der Waals surface area contributed by atoms with Crippen LogP contribution in [0.3, 0.4) is 0 Å². The molecule has 0 atom stereocenters. The van der Waals surface area contributed by atoms with E-state index in [4.69, 9.17) is 9.47 Å². The molecule has 0 saturated carbocycles. The van der Waals surface area contributed by atoms with Crippen molar-refractivity contribution in [3.05, 3.63) is 30.4 Å². The molecule has 0 amide bonds. The van der Waals surface area contributed by atoms with Gasteiger partial charge in [0.15, 0.2) is 11.5 Å². The summed E-state index contributed by atoms with van der Waals surface area (Å²) < 4.78 is 39.9. The Morgan fingerprint density at radius 1 is 1.26 bits per heavy atom. The van der Waals surface area contributed by atoms with Gasteiger partial charge in [-0.2, -0.15) is 0 Å². The normalized spacial score (nSPS) is 14.0. The Bertz CT molecular complexity index is 788. The van der Waals surface area contributed by atoms with Crippen molar-refractivity contribution in [1.29, 1.82) is 0 Å². The third kappa shape index (κ3) is 3.45. The molecule has 1 aromatic carbocycles. The molecule has 2 heterocycles. The lowest BCUT2D eigenvalue weighted by atomic mass is 10.3. The van der Waals surface area contributed by atoms with Gasteiger partial charge < -0.3 is 14.0 Å². The molecule has 1 aliphatic rings. The largest absolute Gasteiger partial charge is 0.486 e. The minimum Gasteiger partial charge on any atom is -0.486 e. The quantitative estimate of drug-likeness (QED) is 0.828. The van der Waals surface area contributed by atoms with Gasteiger partial charge in [-0.15, -0.1) is 10.2 Å².